The molecule has 32 heavy (non-hydrogen) atoms. The molecule has 0 spiro atoms. The minimum absolute atomic E-state index is 0.332. The van der Waals surface area contributed by atoms with Gasteiger partial charge in [-0.3, -0.25) is 4.79 Å². The quantitative estimate of drug-likeness (QED) is 0.293. The molecule has 0 aliphatic carbocycles. The molecular weight excluding hydrogens is 445 g/mol. The van der Waals surface area contributed by atoms with E-state index in [4.69, 9.17) is 27.9 Å². The van der Waals surface area contributed by atoms with Gasteiger partial charge in [-0.05, 0) is 54.0 Å². The van der Waals surface area contributed by atoms with Gasteiger partial charge in [0.2, 0.25) is 5.91 Å². The average molecular weight is 468 g/mol. The summed E-state index contributed by atoms with van der Waals surface area (Å²) in [6, 6.07) is 22.1. The van der Waals surface area contributed by atoms with Crippen LogP contribution in [-0.4, -0.2) is 23.9 Å². The Balaban J connectivity index is 2.06. The highest BCUT2D eigenvalue weighted by atomic mass is 35.5. The van der Waals surface area contributed by atoms with Crippen molar-refractivity contribution >= 4 is 41.2 Å². The average Bonchev–Trinajstić information content (AvgIpc) is 2.82. The molecule has 0 N–H and O–H groups in total. The lowest BCUT2D eigenvalue weighted by molar-refractivity contribution is -0.153. The molecule has 0 aromatic heterocycles. The van der Waals surface area contributed by atoms with E-state index >= 15 is 0 Å². The zero-order valence-corrected chi connectivity index (χ0v) is 19.3. The van der Waals surface area contributed by atoms with Gasteiger partial charge >= 0.3 is 5.97 Å². The third-order valence-electron chi connectivity index (χ3n) is 5.13. The first-order valence-electron chi connectivity index (χ1n) is 10.0. The number of carbonyl (C=O) groups is 2. The van der Waals surface area contributed by atoms with E-state index in [-0.39, 0.29) is 5.91 Å². The first kappa shape index (κ1) is 23.6. The van der Waals surface area contributed by atoms with E-state index in [1.807, 2.05) is 49.4 Å². The van der Waals surface area contributed by atoms with Gasteiger partial charge < -0.3 is 9.64 Å². The molecule has 0 aliphatic heterocycles. The number of hydrogen-bond acceptors (Lipinski definition) is 3. The van der Waals surface area contributed by atoms with Gasteiger partial charge in [-0.15, -0.1) is 0 Å². The first-order valence-corrected chi connectivity index (χ1v) is 10.8. The smallest absolute Gasteiger partial charge is 0.333 e. The zero-order chi connectivity index (χ0) is 23.1. The zero-order valence-electron chi connectivity index (χ0n) is 17.7. The van der Waals surface area contributed by atoms with Crippen LogP contribution in [0.15, 0.2) is 84.9 Å². The molecule has 0 aliphatic rings. The molecule has 0 saturated carbocycles. The third-order valence-corrected chi connectivity index (χ3v) is 5.63. The van der Waals surface area contributed by atoms with Crippen LogP contribution < -0.4 is 0 Å². The summed E-state index contributed by atoms with van der Waals surface area (Å²) in [4.78, 5) is 27.9. The highest BCUT2D eigenvalue weighted by Crippen LogP contribution is 2.33. The molecule has 2 atom stereocenters. The molecule has 0 radical (unpaired) electrons. The highest BCUT2D eigenvalue weighted by Gasteiger charge is 2.35. The van der Waals surface area contributed by atoms with Crippen molar-refractivity contribution in [3.05, 3.63) is 112 Å². The first-order chi connectivity index (χ1) is 15.4. The Hall–Kier alpha value is -3.08. The van der Waals surface area contributed by atoms with Gasteiger partial charge in [-0.25, -0.2) is 4.79 Å². The predicted molar refractivity (Wildman–Crippen MR) is 128 cm³/mol. The second-order valence-electron chi connectivity index (χ2n) is 7.19. The summed E-state index contributed by atoms with van der Waals surface area (Å²) in [5.41, 5.74) is 2.31. The largest absolute Gasteiger partial charge is 0.467 e. The topological polar surface area (TPSA) is 46.6 Å². The summed E-state index contributed by atoms with van der Waals surface area (Å²) >= 11 is 12.1. The number of esters is 1. The van der Waals surface area contributed by atoms with E-state index < -0.39 is 18.1 Å². The van der Waals surface area contributed by atoms with Gasteiger partial charge in [0.25, 0.3) is 0 Å². The summed E-state index contributed by atoms with van der Waals surface area (Å²) in [6.45, 7) is 1.86. The fourth-order valence-electron chi connectivity index (χ4n) is 3.43. The molecule has 3 rings (SSSR count). The molecule has 1 amide bonds. The van der Waals surface area contributed by atoms with Crippen molar-refractivity contribution in [3.8, 4) is 0 Å². The number of carbonyl (C=O) groups excluding carboxylic acids is 2. The van der Waals surface area contributed by atoms with E-state index in [9.17, 15) is 9.59 Å². The lowest BCUT2D eigenvalue weighted by atomic mass is 9.99. The maximum atomic E-state index is 13.5. The second kappa shape index (κ2) is 11.0. The second-order valence-corrected chi connectivity index (χ2v) is 8.07. The van der Waals surface area contributed by atoms with Crippen molar-refractivity contribution in [3.63, 3.8) is 0 Å². The van der Waals surface area contributed by atoms with Crippen LogP contribution in [0.4, 0.5) is 0 Å². The van der Waals surface area contributed by atoms with Crippen LogP contribution in [0.5, 0.6) is 0 Å². The van der Waals surface area contributed by atoms with Crippen molar-refractivity contribution in [2.24, 2.45) is 0 Å². The van der Waals surface area contributed by atoms with E-state index in [0.717, 1.165) is 11.1 Å². The summed E-state index contributed by atoms with van der Waals surface area (Å²) in [7, 11) is 1.31. The summed E-state index contributed by atoms with van der Waals surface area (Å²) < 4.78 is 5.09. The molecule has 3 aromatic carbocycles. The fourth-order valence-corrected chi connectivity index (χ4v) is 3.68. The fraction of sp³-hybridized carbons (Fsp3) is 0.154. The highest BCUT2D eigenvalue weighted by molar-refractivity contribution is 6.30. The van der Waals surface area contributed by atoms with Crippen LogP contribution in [0.2, 0.25) is 10.0 Å². The lowest BCUT2D eigenvalue weighted by Crippen LogP contribution is -2.40. The number of amides is 1. The lowest BCUT2D eigenvalue weighted by Gasteiger charge is -2.35. The Morgan fingerprint density at radius 3 is 1.91 bits per heavy atom. The molecule has 164 valence electrons. The summed E-state index contributed by atoms with van der Waals surface area (Å²) in [5.74, 6) is -0.878. The molecule has 0 fully saturated rings. The van der Waals surface area contributed by atoms with Gasteiger partial charge in [-0.2, -0.15) is 0 Å². The molecule has 0 saturated heterocycles. The maximum absolute atomic E-state index is 13.5. The van der Waals surface area contributed by atoms with Crippen LogP contribution in [0.25, 0.3) is 6.08 Å². The normalized spacial score (nSPS) is 12.9. The maximum Gasteiger partial charge on any atom is 0.333 e. The summed E-state index contributed by atoms with van der Waals surface area (Å²) in [5, 5.41) is 1.12. The molecule has 4 nitrogen and oxygen atoms in total. The minimum atomic E-state index is -0.962. The molecule has 6 heteroatoms. The number of methoxy groups -OCH3 is 1. The van der Waals surface area contributed by atoms with Crippen LogP contribution in [0.1, 0.15) is 35.7 Å². The van der Waals surface area contributed by atoms with E-state index in [1.165, 1.54) is 18.1 Å². The molecule has 0 bridgehead atoms. The number of nitrogens with zero attached hydrogens (tertiary/aromatic N) is 1. The Morgan fingerprint density at radius 2 is 1.38 bits per heavy atom. The van der Waals surface area contributed by atoms with E-state index in [0.29, 0.717) is 15.6 Å². The van der Waals surface area contributed by atoms with Gasteiger partial charge in [-0.1, -0.05) is 77.8 Å². The number of ether oxygens (including phenoxy) is 1. The molecule has 3 aromatic rings. The predicted octanol–water partition coefficient (Wildman–Crippen LogP) is 6.51. The van der Waals surface area contributed by atoms with Crippen molar-refractivity contribution in [1.82, 2.24) is 4.90 Å². The van der Waals surface area contributed by atoms with Crippen LogP contribution in [0.3, 0.4) is 0 Å². The third kappa shape index (κ3) is 5.78. The Morgan fingerprint density at radius 1 is 0.844 bits per heavy atom. The van der Waals surface area contributed by atoms with Gasteiger partial charge in [0, 0.05) is 16.1 Å². The standard InChI is InChI=1S/C26H23Cl2NO3/c1-18(20-9-13-22(27)14-10-20)29(24(30)17-8-19-6-4-3-5-7-19)25(26(31)32-2)21-11-15-23(28)16-12-21/h3-18,25H,1-2H3/t18-,25-/m1/s1. The van der Waals surface area contributed by atoms with Gasteiger partial charge in [0.15, 0.2) is 6.04 Å². The van der Waals surface area contributed by atoms with Crippen molar-refractivity contribution < 1.29 is 14.3 Å². The number of rotatable bonds is 7. The van der Waals surface area contributed by atoms with Gasteiger partial charge in [0.1, 0.15) is 0 Å². The Labute approximate surface area is 198 Å². The van der Waals surface area contributed by atoms with Crippen LogP contribution in [-0.2, 0) is 14.3 Å². The van der Waals surface area contributed by atoms with Crippen molar-refractivity contribution in [2.45, 2.75) is 19.0 Å². The Kier molecular flexibility index (Phi) is 8.09. The SMILES string of the molecule is COC(=O)[C@@H](c1ccc(Cl)cc1)N(C(=O)C=Cc1ccccc1)[C@H](C)c1ccc(Cl)cc1. The van der Waals surface area contributed by atoms with E-state index in [1.54, 1.807) is 42.5 Å². The van der Waals surface area contributed by atoms with Crippen LogP contribution >= 0.6 is 23.2 Å². The number of benzene rings is 3. The minimum Gasteiger partial charge on any atom is -0.467 e. The molecule has 0 unspecified atom stereocenters. The van der Waals surface area contributed by atoms with Crippen molar-refractivity contribution in [2.75, 3.05) is 7.11 Å². The van der Waals surface area contributed by atoms with Crippen LogP contribution in [0, 0.1) is 0 Å². The molecular formula is C26H23Cl2NO3. The van der Waals surface area contributed by atoms with Gasteiger partial charge in [0.05, 0.1) is 13.2 Å². The number of hydrogen-bond donors (Lipinski definition) is 0. The van der Waals surface area contributed by atoms with E-state index in [2.05, 4.69) is 0 Å². The Bertz CT molecular complexity index is 1080. The molecule has 0 heterocycles. The summed E-state index contributed by atoms with van der Waals surface area (Å²) in [6.07, 6.45) is 3.19. The number of halogens is 2. The van der Waals surface area contributed by atoms with Crippen molar-refractivity contribution in [1.29, 1.82) is 0 Å². The monoisotopic (exact) mass is 467 g/mol.